The van der Waals surface area contributed by atoms with Gasteiger partial charge in [0, 0.05) is 52.1 Å². The van der Waals surface area contributed by atoms with Gasteiger partial charge in [0.2, 0.25) is 5.95 Å². The van der Waals surface area contributed by atoms with Gasteiger partial charge in [-0.05, 0) is 74.9 Å². The molecule has 4 amide bonds. The molecule has 48 heavy (non-hydrogen) atoms. The number of hydrogen-bond donors (Lipinski definition) is 6. The van der Waals surface area contributed by atoms with Crippen LogP contribution in [0.5, 0.6) is 0 Å². The summed E-state index contributed by atoms with van der Waals surface area (Å²) < 4.78 is 56.1. The highest BCUT2D eigenvalue weighted by Crippen LogP contribution is 2.31. The van der Waals surface area contributed by atoms with E-state index in [-0.39, 0.29) is 30.3 Å². The van der Waals surface area contributed by atoms with Crippen molar-refractivity contribution in [3.05, 3.63) is 84.6 Å². The van der Waals surface area contributed by atoms with Gasteiger partial charge in [0.15, 0.2) is 0 Å². The number of aliphatic hydroxyl groups is 1. The summed E-state index contributed by atoms with van der Waals surface area (Å²) in [6, 6.07) is 15.5. The van der Waals surface area contributed by atoms with Gasteiger partial charge in [-0.15, -0.1) is 4.36 Å². The zero-order valence-electron chi connectivity index (χ0n) is 26.4. The van der Waals surface area contributed by atoms with E-state index in [1.165, 1.54) is 18.4 Å². The number of carbonyl (C=O) groups excluding carboxylic acids is 2. The van der Waals surface area contributed by atoms with Crippen molar-refractivity contribution < 1.29 is 32.1 Å². The highest BCUT2D eigenvalue weighted by atomic mass is 32.2. The Morgan fingerprint density at radius 2 is 1.60 bits per heavy atom. The lowest BCUT2D eigenvalue weighted by molar-refractivity contribution is -0.137. The van der Waals surface area contributed by atoms with Gasteiger partial charge in [-0.25, -0.2) is 18.8 Å². The van der Waals surface area contributed by atoms with Crippen LogP contribution in [0.3, 0.4) is 0 Å². The average molecular weight is 685 g/mol. The Balaban J connectivity index is 1.52. The second-order valence-corrected chi connectivity index (χ2v) is 13.3. The lowest BCUT2D eigenvalue weighted by Gasteiger charge is -2.17. The number of carbonyl (C=O) groups is 2. The molecule has 0 fully saturated rings. The minimum atomic E-state index is -4.54. The van der Waals surface area contributed by atoms with Crippen LogP contribution in [0.4, 0.5) is 51.6 Å². The molecule has 0 saturated heterocycles. The molecule has 1 aromatic heterocycles. The van der Waals surface area contributed by atoms with Crippen molar-refractivity contribution in [2.45, 2.75) is 43.9 Å². The van der Waals surface area contributed by atoms with Gasteiger partial charge in [-0.2, -0.15) is 18.2 Å². The van der Waals surface area contributed by atoms with Gasteiger partial charge in [0.25, 0.3) is 0 Å². The third kappa shape index (κ3) is 9.89. The molecule has 0 bridgehead atoms. The van der Waals surface area contributed by atoms with Crippen LogP contribution in [0.25, 0.3) is 11.1 Å². The Morgan fingerprint density at radius 3 is 2.27 bits per heavy atom. The normalized spacial score (nSPS) is 13.2. The molecular weight excluding hydrogens is 649 g/mol. The van der Waals surface area contributed by atoms with Gasteiger partial charge in [0.05, 0.1) is 21.9 Å². The summed E-state index contributed by atoms with van der Waals surface area (Å²) in [6.07, 6.45) is -1.61. The van der Waals surface area contributed by atoms with Crippen molar-refractivity contribution in [2.24, 2.45) is 4.36 Å². The van der Waals surface area contributed by atoms with Crippen molar-refractivity contribution in [3.63, 3.8) is 0 Å². The maximum Gasteiger partial charge on any atom is 0.416 e. The molecule has 0 aliphatic rings. The Morgan fingerprint density at radius 1 is 0.938 bits per heavy atom. The maximum absolute atomic E-state index is 13.2. The lowest BCUT2D eigenvalue weighted by Crippen LogP contribution is -2.28. The van der Waals surface area contributed by atoms with Crippen LogP contribution in [-0.2, 0) is 15.9 Å². The fourth-order valence-corrected chi connectivity index (χ4v) is 5.42. The first-order chi connectivity index (χ1) is 22.6. The van der Waals surface area contributed by atoms with Crippen LogP contribution < -0.4 is 26.6 Å². The fourth-order valence-electron chi connectivity index (χ4n) is 4.26. The second kappa shape index (κ2) is 15.1. The van der Waals surface area contributed by atoms with Gasteiger partial charge in [-0.1, -0.05) is 24.3 Å². The first kappa shape index (κ1) is 35.6. The lowest BCUT2D eigenvalue weighted by atomic mass is 10.1. The van der Waals surface area contributed by atoms with Crippen LogP contribution in [0, 0.1) is 0 Å². The number of rotatable bonds is 10. The second-order valence-electron chi connectivity index (χ2n) is 11.1. The van der Waals surface area contributed by atoms with E-state index in [0.717, 1.165) is 12.1 Å². The molecule has 4 aromatic rings. The van der Waals surface area contributed by atoms with Crippen LogP contribution in [-0.4, -0.2) is 56.3 Å². The van der Waals surface area contributed by atoms with Crippen LogP contribution >= 0.6 is 0 Å². The number of amides is 4. The zero-order valence-corrected chi connectivity index (χ0v) is 27.2. The average Bonchev–Trinajstić information content (AvgIpc) is 3.01. The van der Waals surface area contributed by atoms with E-state index in [1.54, 1.807) is 75.5 Å². The summed E-state index contributed by atoms with van der Waals surface area (Å²) in [4.78, 5) is 33.9. The molecule has 1 heterocycles. The molecule has 0 aliphatic heterocycles. The van der Waals surface area contributed by atoms with E-state index in [2.05, 4.69) is 40.9 Å². The minimum Gasteiger partial charge on any atom is -0.394 e. The predicted molar refractivity (Wildman–Crippen MR) is 180 cm³/mol. The smallest absolute Gasteiger partial charge is 0.394 e. The summed E-state index contributed by atoms with van der Waals surface area (Å²) in [5, 5.41) is 23.4. The molecule has 4 rings (SSSR count). The number of hydrogen-bond acceptors (Lipinski definition) is 8. The molecule has 0 radical (unpaired) electrons. The summed E-state index contributed by atoms with van der Waals surface area (Å²) in [6.45, 7) is 5.12. The highest BCUT2D eigenvalue weighted by Gasteiger charge is 2.30. The topological polar surface area (TPSA) is 170 Å². The molecule has 0 saturated carbocycles. The number of aliphatic hydroxyl groups excluding tert-OH is 1. The van der Waals surface area contributed by atoms with E-state index in [4.69, 9.17) is 0 Å². The number of aromatic nitrogens is 2. The predicted octanol–water partition coefficient (Wildman–Crippen LogP) is 6.92. The van der Waals surface area contributed by atoms with E-state index in [0.29, 0.717) is 33.2 Å². The number of nitrogens with one attached hydrogen (secondary N) is 5. The van der Waals surface area contributed by atoms with Crippen molar-refractivity contribution in [1.29, 1.82) is 0 Å². The zero-order chi connectivity index (χ0) is 35.1. The van der Waals surface area contributed by atoms with Gasteiger partial charge in [0.1, 0.15) is 5.82 Å². The molecule has 6 N–H and O–H groups in total. The molecule has 2 atom stereocenters. The summed E-state index contributed by atoms with van der Waals surface area (Å²) in [7, 11) is -3.05. The molecule has 1 unspecified atom stereocenters. The van der Waals surface area contributed by atoms with Crippen LogP contribution in [0.2, 0.25) is 0 Å². The number of halogens is 3. The Hall–Kier alpha value is -5.22. The molecule has 16 heteroatoms. The summed E-state index contributed by atoms with van der Waals surface area (Å²) in [5.41, 5.74) is 1.20. The third-order valence-corrected chi connectivity index (χ3v) is 8.19. The number of benzene rings is 3. The Labute approximate surface area is 275 Å². The van der Waals surface area contributed by atoms with Crippen LogP contribution in [0.1, 0.15) is 26.3 Å². The minimum absolute atomic E-state index is 0.0161. The third-order valence-electron chi connectivity index (χ3n) is 6.54. The van der Waals surface area contributed by atoms with E-state index in [1.807, 2.05) is 0 Å². The molecule has 0 aliphatic carbocycles. The SMILES string of the molecule is CC(C)NC(=O)N=S(C)(=O)c1cccc(Nc2ncc(-c3ccc(NC(=O)Nc4cccc(C(F)(F)F)c4)cc3)c(N[C@H](C)CO)n2)c1. The van der Waals surface area contributed by atoms with Crippen molar-refractivity contribution >= 4 is 50.6 Å². The first-order valence-corrected chi connectivity index (χ1v) is 16.5. The summed E-state index contributed by atoms with van der Waals surface area (Å²) >= 11 is 0. The van der Waals surface area contributed by atoms with Gasteiger partial charge in [-0.3, -0.25) is 0 Å². The van der Waals surface area contributed by atoms with Crippen molar-refractivity contribution in [2.75, 3.05) is 34.1 Å². The fraction of sp³-hybridized carbons (Fsp3) is 0.250. The van der Waals surface area contributed by atoms with E-state index in [9.17, 15) is 32.1 Å². The van der Waals surface area contributed by atoms with Crippen LogP contribution in [0.15, 0.2) is 88.3 Å². The Kier molecular flexibility index (Phi) is 11.2. The van der Waals surface area contributed by atoms with E-state index < -0.39 is 33.5 Å². The highest BCUT2D eigenvalue weighted by molar-refractivity contribution is 7.93. The first-order valence-electron chi connectivity index (χ1n) is 14.6. The largest absolute Gasteiger partial charge is 0.416 e. The number of nitrogens with zero attached hydrogens (tertiary/aromatic N) is 3. The van der Waals surface area contributed by atoms with Gasteiger partial charge < -0.3 is 31.7 Å². The van der Waals surface area contributed by atoms with Crippen molar-refractivity contribution in [1.82, 2.24) is 15.3 Å². The number of alkyl halides is 3. The number of anilines is 5. The monoisotopic (exact) mass is 684 g/mol. The van der Waals surface area contributed by atoms with Crippen molar-refractivity contribution in [3.8, 4) is 11.1 Å². The summed E-state index contributed by atoms with van der Waals surface area (Å²) in [5.74, 6) is 0.568. The number of urea groups is 2. The Bertz CT molecular complexity index is 1900. The van der Waals surface area contributed by atoms with E-state index >= 15 is 0 Å². The molecule has 3 aromatic carbocycles. The van der Waals surface area contributed by atoms with Gasteiger partial charge >= 0.3 is 18.2 Å². The molecule has 254 valence electrons. The standard InChI is InChI=1S/C32H35F3N8O4S/c1-19(2)37-31(46)43-48(4,47)26-10-6-9-25(16-26)39-29-36-17-27(28(42-29)38-20(3)18-44)21-11-13-23(14-12-21)40-30(45)41-24-8-5-7-22(15-24)32(33,34)35/h5-17,19-20,44H,18H2,1-4H3,(H,37,46)(H2,40,41,45)(H2,36,38,39,42)/t20-,48?/m1/s1. The molecular formula is C32H35F3N8O4S. The maximum atomic E-state index is 13.2. The molecule has 0 spiro atoms. The quantitative estimate of drug-likeness (QED) is 0.105. The molecule has 12 nitrogen and oxygen atoms in total.